The van der Waals surface area contributed by atoms with Crippen molar-refractivity contribution in [3.8, 4) is 0 Å². The number of carbonyl (C=O) groups is 2. The number of hydrogen-bond donors (Lipinski definition) is 0. The molecule has 0 aliphatic carbocycles. The number of amides is 2. The minimum atomic E-state index is -0.861. The molecule has 2 aliphatic heterocycles. The minimum absolute atomic E-state index is 0.241. The standard InChI is InChI=1S/C23H19N3O3/c1-15-7-5-6-10-18(15)25-22(27)19-20(16-11-13-24-14-12-16)26(29-21(19)23(25)28)17-8-3-2-4-9-17/h2-14,19-21H,1H3/t19-,20-,21+/m0/s1. The van der Waals surface area contributed by atoms with E-state index in [0.29, 0.717) is 5.69 Å². The Morgan fingerprint density at radius 3 is 2.28 bits per heavy atom. The molecule has 0 saturated carbocycles. The SMILES string of the molecule is Cc1ccccc1N1C(=O)[C@@H]2[C@@H](ON(c3ccccc3)[C@H]2c2ccncc2)C1=O. The number of fused-ring (bicyclic) bond motifs is 1. The zero-order chi connectivity index (χ0) is 20.0. The molecule has 2 aliphatic rings. The first kappa shape index (κ1) is 17.6. The Balaban J connectivity index is 1.60. The van der Waals surface area contributed by atoms with Gasteiger partial charge in [-0.2, -0.15) is 0 Å². The van der Waals surface area contributed by atoms with E-state index < -0.39 is 18.1 Å². The Labute approximate surface area is 168 Å². The van der Waals surface area contributed by atoms with Crippen molar-refractivity contribution in [3.63, 3.8) is 0 Å². The molecular formula is C23H19N3O3. The van der Waals surface area contributed by atoms with Crippen LogP contribution in [0.5, 0.6) is 0 Å². The summed E-state index contributed by atoms with van der Waals surface area (Å²) >= 11 is 0. The van der Waals surface area contributed by atoms with Crippen LogP contribution in [0, 0.1) is 12.8 Å². The normalized spacial score (nSPS) is 23.6. The molecule has 5 rings (SSSR count). The van der Waals surface area contributed by atoms with Crippen LogP contribution >= 0.6 is 0 Å². The van der Waals surface area contributed by atoms with Crippen LogP contribution in [0.1, 0.15) is 17.2 Å². The quantitative estimate of drug-likeness (QED) is 0.647. The Morgan fingerprint density at radius 1 is 0.862 bits per heavy atom. The first-order chi connectivity index (χ1) is 14.2. The van der Waals surface area contributed by atoms with Gasteiger partial charge in [-0.3, -0.25) is 19.4 Å². The van der Waals surface area contributed by atoms with Crippen LogP contribution in [0.25, 0.3) is 0 Å². The number of imide groups is 1. The molecule has 29 heavy (non-hydrogen) atoms. The summed E-state index contributed by atoms with van der Waals surface area (Å²) in [5.74, 6) is -1.20. The lowest BCUT2D eigenvalue weighted by Gasteiger charge is -2.29. The number of rotatable bonds is 3. The molecule has 2 amide bonds. The molecule has 6 heteroatoms. The summed E-state index contributed by atoms with van der Waals surface area (Å²) in [5.41, 5.74) is 3.16. The second-order valence-electron chi connectivity index (χ2n) is 7.24. The minimum Gasteiger partial charge on any atom is -0.273 e. The molecule has 144 valence electrons. The maximum absolute atomic E-state index is 13.5. The Bertz CT molecular complexity index is 1070. The Morgan fingerprint density at radius 2 is 1.55 bits per heavy atom. The fraction of sp³-hybridized carbons (Fsp3) is 0.174. The summed E-state index contributed by atoms with van der Waals surface area (Å²) in [6.07, 6.45) is 2.51. The van der Waals surface area contributed by atoms with E-state index in [9.17, 15) is 9.59 Å². The average Bonchev–Trinajstić information content (AvgIpc) is 3.26. The van der Waals surface area contributed by atoms with E-state index >= 15 is 0 Å². The zero-order valence-corrected chi connectivity index (χ0v) is 15.8. The lowest BCUT2D eigenvalue weighted by Crippen LogP contribution is -2.37. The number of hydroxylamine groups is 1. The molecule has 2 aromatic carbocycles. The van der Waals surface area contributed by atoms with Crippen molar-refractivity contribution in [3.05, 3.63) is 90.3 Å². The lowest BCUT2D eigenvalue weighted by atomic mass is 9.91. The summed E-state index contributed by atoms with van der Waals surface area (Å²) in [5, 5.41) is 1.69. The predicted octanol–water partition coefficient (Wildman–Crippen LogP) is 3.44. The van der Waals surface area contributed by atoms with Crippen LogP contribution in [-0.4, -0.2) is 22.9 Å². The number of anilines is 2. The Kier molecular flexibility index (Phi) is 4.14. The van der Waals surface area contributed by atoms with Gasteiger partial charge < -0.3 is 0 Å². The third-order valence-electron chi connectivity index (χ3n) is 5.53. The van der Waals surface area contributed by atoms with Crippen molar-refractivity contribution < 1.29 is 14.4 Å². The van der Waals surface area contributed by atoms with E-state index in [-0.39, 0.29) is 11.8 Å². The van der Waals surface area contributed by atoms with Crippen molar-refractivity contribution >= 4 is 23.2 Å². The van der Waals surface area contributed by atoms with E-state index in [1.54, 1.807) is 23.5 Å². The summed E-state index contributed by atoms with van der Waals surface area (Å²) in [7, 11) is 0. The van der Waals surface area contributed by atoms with Gasteiger partial charge in [0.15, 0.2) is 6.10 Å². The van der Waals surface area contributed by atoms with Gasteiger partial charge in [-0.1, -0.05) is 36.4 Å². The maximum Gasteiger partial charge on any atom is 0.266 e. The topological polar surface area (TPSA) is 62.7 Å². The van der Waals surface area contributed by atoms with E-state index in [4.69, 9.17) is 4.84 Å². The number of pyridine rings is 1. The van der Waals surface area contributed by atoms with Gasteiger partial charge in [0.05, 0.1) is 17.4 Å². The van der Waals surface area contributed by atoms with Crippen molar-refractivity contribution in [2.45, 2.75) is 19.1 Å². The van der Waals surface area contributed by atoms with Gasteiger partial charge >= 0.3 is 0 Å². The second kappa shape index (κ2) is 6.83. The molecule has 0 spiro atoms. The number of aromatic nitrogens is 1. The van der Waals surface area contributed by atoms with Gasteiger partial charge in [-0.15, -0.1) is 0 Å². The van der Waals surface area contributed by atoms with Crippen LogP contribution in [-0.2, 0) is 14.4 Å². The molecule has 2 saturated heterocycles. The summed E-state index contributed by atoms with van der Waals surface area (Å²) in [6.45, 7) is 1.89. The molecule has 0 N–H and O–H groups in total. The molecule has 0 radical (unpaired) electrons. The molecule has 3 heterocycles. The molecule has 2 fully saturated rings. The highest BCUT2D eigenvalue weighted by atomic mass is 16.7. The number of aryl methyl sites for hydroxylation is 1. The molecule has 6 nitrogen and oxygen atoms in total. The highest BCUT2D eigenvalue weighted by Crippen LogP contribution is 2.47. The van der Waals surface area contributed by atoms with Crippen molar-refractivity contribution in [1.29, 1.82) is 0 Å². The number of para-hydroxylation sites is 2. The van der Waals surface area contributed by atoms with E-state index in [1.807, 2.05) is 67.6 Å². The summed E-state index contributed by atoms with van der Waals surface area (Å²) < 4.78 is 0. The number of hydrogen-bond acceptors (Lipinski definition) is 5. The number of benzene rings is 2. The third-order valence-corrected chi connectivity index (χ3v) is 5.53. The first-order valence-corrected chi connectivity index (χ1v) is 9.51. The van der Waals surface area contributed by atoms with Crippen LogP contribution in [0.3, 0.4) is 0 Å². The second-order valence-corrected chi connectivity index (χ2v) is 7.24. The molecular weight excluding hydrogens is 366 g/mol. The number of nitrogens with zero attached hydrogens (tertiary/aromatic N) is 3. The monoisotopic (exact) mass is 385 g/mol. The first-order valence-electron chi connectivity index (χ1n) is 9.51. The molecule has 3 atom stereocenters. The Hall–Kier alpha value is -3.51. The van der Waals surface area contributed by atoms with Gasteiger partial charge in [0, 0.05) is 12.4 Å². The van der Waals surface area contributed by atoms with Crippen molar-refractivity contribution in [1.82, 2.24) is 4.98 Å². The van der Waals surface area contributed by atoms with Crippen LogP contribution in [0.2, 0.25) is 0 Å². The van der Waals surface area contributed by atoms with Crippen molar-refractivity contribution in [2.24, 2.45) is 5.92 Å². The van der Waals surface area contributed by atoms with Gasteiger partial charge in [0.2, 0.25) is 5.91 Å². The maximum atomic E-state index is 13.5. The van der Waals surface area contributed by atoms with Gasteiger partial charge in [0.25, 0.3) is 5.91 Å². The molecule has 3 aromatic rings. The van der Waals surface area contributed by atoms with Crippen LogP contribution < -0.4 is 9.96 Å². The highest BCUT2D eigenvalue weighted by molar-refractivity contribution is 6.24. The van der Waals surface area contributed by atoms with Crippen molar-refractivity contribution in [2.75, 3.05) is 9.96 Å². The average molecular weight is 385 g/mol. The third kappa shape index (κ3) is 2.72. The molecule has 0 bridgehead atoms. The van der Waals surface area contributed by atoms with E-state index in [2.05, 4.69) is 4.98 Å². The molecule has 0 unspecified atom stereocenters. The largest absolute Gasteiger partial charge is 0.273 e. The zero-order valence-electron chi connectivity index (χ0n) is 15.8. The van der Waals surface area contributed by atoms with E-state index in [1.165, 1.54) is 4.90 Å². The van der Waals surface area contributed by atoms with Gasteiger partial charge in [0.1, 0.15) is 5.92 Å². The number of carbonyl (C=O) groups excluding carboxylic acids is 2. The van der Waals surface area contributed by atoms with Crippen LogP contribution in [0.15, 0.2) is 79.1 Å². The molecule has 1 aromatic heterocycles. The van der Waals surface area contributed by atoms with Gasteiger partial charge in [-0.05, 0) is 48.4 Å². The summed E-state index contributed by atoms with van der Waals surface area (Å²) in [6, 6.07) is 20.2. The fourth-order valence-corrected chi connectivity index (χ4v) is 4.16. The van der Waals surface area contributed by atoms with Gasteiger partial charge in [-0.25, -0.2) is 9.96 Å². The summed E-state index contributed by atoms with van der Waals surface area (Å²) in [4.78, 5) is 38.2. The predicted molar refractivity (Wildman–Crippen MR) is 108 cm³/mol. The highest BCUT2D eigenvalue weighted by Gasteiger charge is 2.60. The lowest BCUT2D eigenvalue weighted by molar-refractivity contribution is -0.126. The van der Waals surface area contributed by atoms with E-state index in [0.717, 1.165) is 16.8 Å². The fourth-order valence-electron chi connectivity index (χ4n) is 4.16. The smallest absolute Gasteiger partial charge is 0.266 e. The van der Waals surface area contributed by atoms with Crippen LogP contribution in [0.4, 0.5) is 11.4 Å².